The minimum Gasteiger partial charge on any atom is -0.481 e. The summed E-state index contributed by atoms with van der Waals surface area (Å²) < 4.78 is 20.0. The molecule has 296 valence electrons. The molecule has 1 saturated heterocycles. The van der Waals surface area contributed by atoms with E-state index in [0.29, 0.717) is 18.4 Å². The molecular weight excluding hydrogens is 685 g/mol. The molecule has 53 heavy (non-hydrogen) atoms. The third-order valence-electron chi connectivity index (χ3n) is 11.2. The van der Waals surface area contributed by atoms with Gasteiger partial charge in [0.25, 0.3) is 8.32 Å². The van der Waals surface area contributed by atoms with Crippen molar-refractivity contribution in [1.29, 1.82) is 0 Å². The minimum atomic E-state index is -3.00. The molecule has 0 saturated carbocycles. The van der Waals surface area contributed by atoms with Gasteiger partial charge in [-0.3, -0.25) is 4.79 Å². The molecule has 3 rings (SSSR count). The van der Waals surface area contributed by atoms with Crippen molar-refractivity contribution >= 4 is 24.7 Å². The largest absolute Gasteiger partial charge is 0.481 e. The lowest BCUT2D eigenvalue weighted by atomic mass is 9.73. The molecule has 2 aromatic rings. The van der Waals surface area contributed by atoms with Gasteiger partial charge in [0.05, 0.1) is 36.9 Å². The van der Waals surface area contributed by atoms with Crippen molar-refractivity contribution in [3.63, 3.8) is 0 Å². The second kappa shape index (κ2) is 19.3. The van der Waals surface area contributed by atoms with Gasteiger partial charge in [-0.15, -0.1) is 0 Å². The van der Waals surface area contributed by atoms with Gasteiger partial charge in [-0.25, -0.2) is 0 Å². The lowest BCUT2D eigenvalue weighted by Crippen LogP contribution is -2.68. The zero-order chi connectivity index (χ0) is 39.6. The Morgan fingerprint density at radius 2 is 1.55 bits per heavy atom. The van der Waals surface area contributed by atoms with Crippen LogP contribution in [-0.4, -0.2) is 78.1 Å². The summed E-state index contributed by atoms with van der Waals surface area (Å²) in [5, 5.41) is 45.5. The van der Waals surface area contributed by atoms with Gasteiger partial charge in [-0.1, -0.05) is 141 Å². The first-order valence-electron chi connectivity index (χ1n) is 19.5. The summed E-state index contributed by atoms with van der Waals surface area (Å²) in [7, 11) is -1.52. The second-order valence-electron chi connectivity index (χ2n) is 16.9. The molecule has 0 aliphatic carbocycles. The number of carbonyl (C=O) groups is 1. The summed E-state index contributed by atoms with van der Waals surface area (Å²) in [6.07, 6.45) is 5.26. The molecule has 4 N–H and O–H groups in total. The van der Waals surface area contributed by atoms with E-state index in [4.69, 9.17) is 13.9 Å². The highest BCUT2D eigenvalue weighted by atomic mass is 28.4. The number of hydrogen-bond acceptors (Lipinski definition) is 7. The summed E-state index contributed by atoms with van der Waals surface area (Å²) in [5.74, 6) is -2.85. The fourth-order valence-electron chi connectivity index (χ4n) is 8.10. The summed E-state index contributed by atoms with van der Waals surface area (Å²) in [6.45, 7) is 18.2. The van der Waals surface area contributed by atoms with Crippen LogP contribution in [0.1, 0.15) is 114 Å². The monoisotopic (exact) mass is 752 g/mol. The first-order chi connectivity index (χ1) is 24.8. The molecule has 1 fully saturated rings. The number of aliphatic hydroxyl groups is 3. The molecule has 1 aliphatic rings. The van der Waals surface area contributed by atoms with Crippen molar-refractivity contribution in [2.45, 2.75) is 155 Å². The number of hydrogen-bond donors (Lipinski definition) is 4. The second-order valence-corrected chi connectivity index (χ2v) is 21.2. The summed E-state index contributed by atoms with van der Waals surface area (Å²) in [6, 6.07) is 20.7. The normalized spacial score (nSPS) is 23.0. The van der Waals surface area contributed by atoms with Crippen molar-refractivity contribution in [3.05, 3.63) is 84.0 Å². The van der Waals surface area contributed by atoms with E-state index in [1.165, 1.54) is 7.11 Å². The molecule has 0 aromatic heterocycles. The first kappa shape index (κ1) is 44.8. The number of unbranched alkanes of at least 4 members (excludes halogenated alkanes) is 2. The third-order valence-corrected chi connectivity index (χ3v) is 16.3. The van der Waals surface area contributed by atoms with Crippen LogP contribution in [0.5, 0.6) is 0 Å². The van der Waals surface area contributed by atoms with Gasteiger partial charge in [0.1, 0.15) is 0 Å². The van der Waals surface area contributed by atoms with Crippen LogP contribution in [0.25, 0.3) is 0 Å². The molecule has 7 atom stereocenters. The summed E-state index contributed by atoms with van der Waals surface area (Å²) in [4.78, 5) is 12.3. The molecule has 0 radical (unpaired) electrons. The van der Waals surface area contributed by atoms with Crippen molar-refractivity contribution in [3.8, 4) is 0 Å². The number of aliphatic carboxylic acids is 1. The van der Waals surface area contributed by atoms with Gasteiger partial charge in [0.15, 0.2) is 5.79 Å². The molecule has 0 amide bonds. The SMILES string of the molecule is CCCCC[C@@H](O)C/C=C(\C)[C@@H](O)C(C)(C)[C@@H](O)[C@@H](C)/C=C(\C)[C@@H]1C[C@H](O[Si](c2ccccc2)(c2ccccc2)C(C)(C)C)C[C@@](CC(=O)O)(OC)O1. The van der Waals surface area contributed by atoms with Gasteiger partial charge in [-0.05, 0) is 53.2 Å². The average Bonchev–Trinajstić information content (AvgIpc) is 3.11. The Morgan fingerprint density at radius 1 is 0.981 bits per heavy atom. The van der Waals surface area contributed by atoms with Gasteiger partial charge < -0.3 is 34.3 Å². The molecule has 1 heterocycles. The Hall–Kier alpha value is -2.63. The van der Waals surface area contributed by atoms with Crippen LogP contribution in [0, 0.1) is 11.3 Å². The number of rotatable bonds is 19. The topological polar surface area (TPSA) is 126 Å². The molecule has 0 bridgehead atoms. The maximum atomic E-state index is 12.3. The van der Waals surface area contributed by atoms with Crippen molar-refractivity contribution in [2.24, 2.45) is 11.3 Å². The van der Waals surface area contributed by atoms with Gasteiger partial charge in [0, 0.05) is 31.3 Å². The lowest BCUT2D eigenvalue weighted by molar-refractivity contribution is -0.278. The highest BCUT2D eigenvalue weighted by Crippen LogP contribution is 2.43. The Morgan fingerprint density at radius 3 is 2.04 bits per heavy atom. The van der Waals surface area contributed by atoms with E-state index < -0.39 is 56.0 Å². The standard InChI is InChI=1S/C44H68O8Si/c1-11-12-15-20-34(45)26-25-31(2)40(48)43(8,9)41(49)33(4)27-32(3)38-28-35(29-44(50-10,51-38)30-39(46)47)52-53(42(5,6)7,36-21-16-13-17-22-36)37-23-18-14-19-24-37/h13-14,16-19,21-25,27,33-35,38,40-41,45,48-49H,11-12,15,20,26,28-30H2,1-10H3,(H,46,47)/b31-25+,32-27+/t33-,34+,35-,38-,40+,41-,44+/m0/s1. The molecule has 8 nitrogen and oxygen atoms in total. The molecule has 0 unspecified atom stereocenters. The van der Waals surface area contributed by atoms with Gasteiger partial charge in [-0.2, -0.15) is 0 Å². The Kier molecular flexibility index (Phi) is 16.3. The summed E-state index contributed by atoms with van der Waals surface area (Å²) >= 11 is 0. The van der Waals surface area contributed by atoms with Crippen LogP contribution in [0.4, 0.5) is 0 Å². The number of ether oxygens (including phenoxy) is 2. The molecular formula is C44H68O8Si. The smallest absolute Gasteiger partial charge is 0.308 e. The predicted octanol–water partition coefficient (Wildman–Crippen LogP) is 7.54. The van der Waals surface area contributed by atoms with E-state index in [1.807, 2.05) is 83.2 Å². The van der Waals surface area contributed by atoms with Crippen LogP contribution in [-0.2, 0) is 18.7 Å². The summed E-state index contributed by atoms with van der Waals surface area (Å²) in [5.41, 5.74) is 0.632. The van der Waals surface area contributed by atoms with E-state index >= 15 is 0 Å². The number of benzene rings is 2. The number of carboxylic acids is 1. The number of aliphatic hydroxyl groups excluding tert-OH is 3. The van der Waals surface area contributed by atoms with Crippen LogP contribution in [0.15, 0.2) is 84.0 Å². The third kappa shape index (κ3) is 11.2. The Balaban J connectivity index is 1.96. The lowest BCUT2D eigenvalue weighted by Gasteiger charge is -2.49. The number of carboxylic acid groups (broad SMARTS) is 1. The Bertz CT molecular complexity index is 1440. The van der Waals surface area contributed by atoms with E-state index in [2.05, 4.69) is 52.0 Å². The van der Waals surface area contributed by atoms with Crippen LogP contribution < -0.4 is 10.4 Å². The minimum absolute atomic E-state index is 0.236. The average molecular weight is 753 g/mol. The van der Waals surface area contributed by atoms with Crippen LogP contribution >= 0.6 is 0 Å². The number of methoxy groups -OCH3 is 1. The van der Waals surface area contributed by atoms with E-state index in [-0.39, 0.29) is 23.8 Å². The highest BCUT2D eigenvalue weighted by molar-refractivity contribution is 6.99. The first-order valence-corrected chi connectivity index (χ1v) is 21.4. The zero-order valence-corrected chi connectivity index (χ0v) is 35.0. The fourth-order valence-corrected chi connectivity index (χ4v) is 12.8. The zero-order valence-electron chi connectivity index (χ0n) is 34.0. The van der Waals surface area contributed by atoms with Gasteiger partial charge >= 0.3 is 5.97 Å². The fraction of sp³-hybridized carbons (Fsp3) is 0.614. The maximum Gasteiger partial charge on any atom is 0.308 e. The Labute approximate surface area is 320 Å². The predicted molar refractivity (Wildman–Crippen MR) is 216 cm³/mol. The van der Waals surface area contributed by atoms with E-state index in [9.17, 15) is 25.2 Å². The molecule has 2 aromatic carbocycles. The molecule has 1 aliphatic heterocycles. The van der Waals surface area contributed by atoms with Crippen LogP contribution in [0.2, 0.25) is 5.04 Å². The van der Waals surface area contributed by atoms with Crippen molar-refractivity contribution in [2.75, 3.05) is 7.11 Å². The quantitative estimate of drug-likeness (QED) is 0.0660. The van der Waals surface area contributed by atoms with E-state index in [1.54, 1.807) is 0 Å². The highest BCUT2D eigenvalue weighted by Gasteiger charge is 2.54. The van der Waals surface area contributed by atoms with Crippen molar-refractivity contribution in [1.82, 2.24) is 0 Å². The molecule has 9 heteroatoms. The van der Waals surface area contributed by atoms with E-state index in [0.717, 1.165) is 41.6 Å². The van der Waals surface area contributed by atoms with Gasteiger partial charge in [0.2, 0.25) is 0 Å². The van der Waals surface area contributed by atoms with Crippen molar-refractivity contribution < 1.29 is 39.1 Å². The van der Waals surface area contributed by atoms with Crippen LogP contribution in [0.3, 0.4) is 0 Å². The molecule has 0 spiro atoms. The maximum absolute atomic E-state index is 12.3.